The van der Waals surface area contributed by atoms with Crippen LogP contribution in [0.3, 0.4) is 0 Å². The fourth-order valence-corrected chi connectivity index (χ4v) is 1.94. The van der Waals surface area contributed by atoms with Crippen molar-refractivity contribution in [2.45, 2.75) is 0 Å². The van der Waals surface area contributed by atoms with Crippen LogP contribution >= 0.6 is 23.2 Å². The average Bonchev–Trinajstić information content (AvgIpc) is 2.58. The van der Waals surface area contributed by atoms with E-state index in [1.807, 2.05) is 0 Å². The van der Waals surface area contributed by atoms with Crippen LogP contribution in [0, 0.1) is 21.4 Å². The van der Waals surface area contributed by atoms with E-state index in [-0.39, 0.29) is 22.0 Å². The first-order valence-electron chi connectivity index (χ1n) is 6.64. The van der Waals surface area contributed by atoms with Crippen LogP contribution in [0.1, 0.15) is 0 Å². The van der Waals surface area contributed by atoms with Gasteiger partial charge in [-0.2, -0.15) is 5.26 Å². The monoisotopic (exact) mass is 377 g/mol. The number of aromatic nitrogens is 1. The van der Waals surface area contributed by atoms with Gasteiger partial charge in [-0.05, 0) is 18.2 Å². The van der Waals surface area contributed by atoms with E-state index in [1.54, 1.807) is 18.2 Å². The van der Waals surface area contributed by atoms with Gasteiger partial charge in [0.15, 0.2) is 0 Å². The summed E-state index contributed by atoms with van der Waals surface area (Å²) in [6.45, 7) is 0. The lowest BCUT2D eigenvalue weighted by Gasteiger charge is -2.07. The number of carbonyl (C=O) groups excluding carboxylic acids is 1. The number of hydrogen-bond acceptors (Lipinski definition) is 6. The van der Waals surface area contributed by atoms with Crippen LogP contribution in [0.25, 0.3) is 0 Å². The minimum Gasteiger partial charge on any atom is -0.345 e. The highest BCUT2D eigenvalue weighted by molar-refractivity contribution is 6.34. The molecule has 1 aromatic heterocycles. The van der Waals surface area contributed by atoms with E-state index in [9.17, 15) is 14.9 Å². The number of rotatable bonds is 5. The molecule has 2 rings (SSSR count). The van der Waals surface area contributed by atoms with Crippen LogP contribution in [0.5, 0.6) is 0 Å². The number of non-ortho nitro benzene ring substituents is 1. The second-order valence-corrected chi connectivity index (χ2v) is 5.39. The zero-order valence-electron chi connectivity index (χ0n) is 12.4. The summed E-state index contributed by atoms with van der Waals surface area (Å²) in [7, 11) is 0. The summed E-state index contributed by atoms with van der Waals surface area (Å²) in [6, 6.07) is 8.44. The molecule has 0 saturated heterocycles. The van der Waals surface area contributed by atoms with Gasteiger partial charge < -0.3 is 10.6 Å². The van der Waals surface area contributed by atoms with E-state index in [0.29, 0.717) is 10.8 Å². The quantitative estimate of drug-likeness (QED) is 0.354. The molecule has 10 heteroatoms. The molecule has 2 aromatic rings. The normalized spacial score (nSPS) is 10.7. The highest BCUT2D eigenvalue weighted by Gasteiger charge is 2.15. The van der Waals surface area contributed by atoms with Gasteiger partial charge in [-0.3, -0.25) is 14.9 Å². The number of benzene rings is 1. The molecule has 1 aromatic carbocycles. The van der Waals surface area contributed by atoms with Crippen molar-refractivity contribution in [3.63, 3.8) is 0 Å². The summed E-state index contributed by atoms with van der Waals surface area (Å²) in [6.07, 6.45) is 2.55. The Morgan fingerprint density at radius 2 is 2.08 bits per heavy atom. The van der Waals surface area contributed by atoms with Crippen molar-refractivity contribution in [2.24, 2.45) is 0 Å². The van der Waals surface area contributed by atoms with Gasteiger partial charge in [-0.25, -0.2) is 4.98 Å². The van der Waals surface area contributed by atoms with Crippen LogP contribution < -0.4 is 10.6 Å². The summed E-state index contributed by atoms with van der Waals surface area (Å²) in [4.78, 5) is 26.2. The minimum atomic E-state index is -0.786. The Kier molecular flexibility index (Phi) is 5.89. The Morgan fingerprint density at radius 3 is 2.68 bits per heavy atom. The number of nitrogens with zero attached hydrogens (tertiary/aromatic N) is 3. The van der Waals surface area contributed by atoms with Crippen molar-refractivity contribution in [3.05, 3.63) is 68.5 Å². The third-order valence-electron chi connectivity index (χ3n) is 2.87. The van der Waals surface area contributed by atoms with Crippen molar-refractivity contribution < 1.29 is 9.72 Å². The minimum absolute atomic E-state index is 0.0200. The van der Waals surface area contributed by atoms with Crippen LogP contribution in [0.2, 0.25) is 10.0 Å². The van der Waals surface area contributed by atoms with Crippen molar-refractivity contribution in [2.75, 3.05) is 10.6 Å². The van der Waals surface area contributed by atoms with Crippen LogP contribution in [-0.2, 0) is 4.79 Å². The summed E-state index contributed by atoms with van der Waals surface area (Å²) in [5, 5.41) is 25.5. The predicted molar refractivity (Wildman–Crippen MR) is 93.3 cm³/mol. The van der Waals surface area contributed by atoms with Gasteiger partial charge in [0, 0.05) is 24.5 Å². The van der Waals surface area contributed by atoms with Gasteiger partial charge in [-0.1, -0.05) is 23.2 Å². The molecule has 25 heavy (non-hydrogen) atoms. The molecular formula is C15H9Cl2N5O3. The first kappa shape index (κ1) is 18.2. The second kappa shape index (κ2) is 8.10. The van der Waals surface area contributed by atoms with Crippen LogP contribution in [0.15, 0.2) is 48.3 Å². The largest absolute Gasteiger partial charge is 0.345 e. The molecule has 0 spiro atoms. The molecule has 0 aliphatic carbocycles. The third-order valence-corrected chi connectivity index (χ3v) is 3.42. The molecule has 2 N–H and O–H groups in total. The van der Waals surface area contributed by atoms with Crippen molar-refractivity contribution >= 4 is 46.3 Å². The lowest BCUT2D eigenvalue weighted by molar-refractivity contribution is -0.384. The van der Waals surface area contributed by atoms with Gasteiger partial charge in [0.05, 0.1) is 20.7 Å². The SMILES string of the molecule is N#C/C(=C/Nc1ccc(Cl)cn1)C(=O)Nc1cc([N+](=O)[O-])ccc1Cl. The van der Waals surface area contributed by atoms with E-state index in [2.05, 4.69) is 15.6 Å². The molecule has 0 aliphatic rings. The number of hydrogen-bond donors (Lipinski definition) is 2. The maximum Gasteiger partial charge on any atom is 0.271 e. The number of nitro groups is 1. The van der Waals surface area contributed by atoms with E-state index in [0.717, 1.165) is 12.3 Å². The zero-order valence-corrected chi connectivity index (χ0v) is 13.9. The topological polar surface area (TPSA) is 121 Å². The first-order chi connectivity index (χ1) is 11.9. The number of carbonyl (C=O) groups is 1. The standard InChI is InChI=1S/C15H9Cl2N5O3/c16-10-1-4-14(20-8-10)19-7-9(6-18)15(23)21-13-5-11(22(24)25)2-3-12(13)17/h1-5,7-8H,(H,19,20)(H,21,23)/b9-7-. The highest BCUT2D eigenvalue weighted by atomic mass is 35.5. The first-order valence-corrected chi connectivity index (χ1v) is 7.40. The van der Waals surface area contributed by atoms with Crippen molar-refractivity contribution in [1.29, 1.82) is 5.26 Å². The summed E-state index contributed by atoms with van der Waals surface area (Å²) in [5.74, 6) is -0.412. The van der Waals surface area contributed by atoms with E-state index >= 15 is 0 Å². The van der Waals surface area contributed by atoms with Crippen LogP contribution in [0.4, 0.5) is 17.2 Å². The lowest BCUT2D eigenvalue weighted by atomic mass is 10.2. The summed E-state index contributed by atoms with van der Waals surface area (Å²) >= 11 is 11.6. The van der Waals surface area contributed by atoms with Gasteiger partial charge in [0.25, 0.3) is 11.6 Å². The Bertz CT molecular complexity index is 891. The predicted octanol–water partition coefficient (Wildman–Crippen LogP) is 3.75. The molecule has 1 amide bonds. The number of pyridine rings is 1. The number of nitro benzene ring substituents is 1. The average molecular weight is 378 g/mol. The van der Waals surface area contributed by atoms with Gasteiger partial charge in [0.2, 0.25) is 0 Å². The molecule has 0 fully saturated rings. The summed E-state index contributed by atoms with van der Waals surface area (Å²) < 4.78 is 0. The van der Waals surface area contributed by atoms with Gasteiger partial charge in [0.1, 0.15) is 17.5 Å². The molecule has 8 nitrogen and oxygen atoms in total. The van der Waals surface area contributed by atoms with Crippen molar-refractivity contribution in [1.82, 2.24) is 4.98 Å². The number of anilines is 2. The molecule has 0 bridgehead atoms. The van der Waals surface area contributed by atoms with Gasteiger partial charge >= 0.3 is 0 Å². The molecule has 0 atom stereocenters. The number of halogens is 2. The van der Waals surface area contributed by atoms with E-state index in [4.69, 9.17) is 28.5 Å². The molecule has 0 saturated carbocycles. The molecule has 0 radical (unpaired) electrons. The lowest BCUT2D eigenvalue weighted by Crippen LogP contribution is -2.15. The summed E-state index contributed by atoms with van der Waals surface area (Å²) in [5.41, 5.74) is -0.503. The Hall–Kier alpha value is -3.15. The molecule has 0 unspecified atom stereocenters. The van der Waals surface area contributed by atoms with Crippen LogP contribution in [-0.4, -0.2) is 15.8 Å². The fraction of sp³-hybridized carbons (Fsp3) is 0. The zero-order chi connectivity index (χ0) is 18.4. The molecule has 0 aliphatic heterocycles. The maximum atomic E-state index is 12.1. The maximum absolute atomic E-state index is 12.1. The van der Waals surface area contributed by atoms with E-state index in [1.165, 1.54) is 18.3 Å². The Morgan fingerprint density at radius 1 is 1.32 bits per heavy atom. The van der Waals surface area contributed by atoms with E-state index < -0.39 is 10.8 Å². The number of nitrogens with one attached hydrogen (secondary N) is 2. The molecule has 1 heterocycles. The smallest absolute Gasteiger partial charge is 0.271 e. The van der Waals surface area contributed by atoms with Crippen molar-refractivity contribution in [3.8, 4) is 6.07 Å². The molecule has 126 valence electrons. The fourth-order valence-electron chi connectivity index (χ4n) is 1.67. The Balaban J connectivity index is 2.16. The second-order valence-electron chi connectivity index (χ2n) is 4.55. The molecular weight excluding hydrogens is 369 g/mol. The Labute approximate surface area is 151 Å². The highest BCUT2D eigenvalue weighted by Crippen LogP contribution is 2.27. The number of nitriles is 1. The number of amides is 1. The van der Waals surface area contributed by atoms with Gasteiger partial charge in [-0.15, -0.1) is 0 Å². The third kappa shape index (κ3) is 4.91.